The number of anilines is 2. The molecule has 146 valence electrons. The Bertz CT molecular complexity index is 910. The van der Waals surface area contributed by atoms with E-state index < -0.39 is 14.6 Å². The van der Waals surface area contributed by atoms with E-state index in [4.69, 9.17) is 0 Å². The zero-order valence-corrected chi connectivity index (χ0v) is 17.5. The summed E-state index contributed by atoms with van der Waals surface area (Å²) in [4.78, 5) is 4.54. The summed E-state index contributed by atoms with van der Waals surface area (Å²) in [6.07, 6.45) is 0. The number of sulfone groups is 1. The van der Waals surface area contributed by atoms with Gasteiger partial charge in [0.25, 0.3) is 0 Å². The van der Waals surface area contributed by atoms with Gasteiger partial charge in [-0.25, -0.2) is 8.42 Å². The minimum atomic E-state index is -3.48. The third-order valence-corrected chi connectivity index (χ3v) is 7.38. The lowest BCUT2D eigenvalue weighted by Crippen LogP contribution is -2.47. The van der Waals surface area contributed by atoms with Crippen molar-refractivity contribution in [3.8, 4) is 0 Å². The molecule has 0 saturated carbocycles. The molecule has 27 heavy (non-hydrogen) atoms. The van der Waals surface area contributed by atoms with Gasteiger partial charge in [0.1, 0.15) is 0 Å². The van der Waals surface area contributed by atoms with Crippen LogP contribution in [0.15, 0.2) is 35.4 Å². The van der Waals surface area contributed by atoms with Gasteiger partial charge in [0.15, 0.2) is 10.8 Å². The van der Waals surface area contributed by atoms with E-state index in [1.165, 1.54) is 16.8 Å². The van der Waals surface area contributed by atoms with Crippen LogP contribution in [0.5, 0.6) is 0 Å². The van der Waals surface area contributed by atoms with Crippen molar-refractivity contribution in [2.24, 2.45) is 0 Å². The number of rotatable bonds is 3. The Morgan fingerprint density at radius 1 is 0.889 bits per heavy atom. The van der Waals surface area contributed by atoms with Crippen LogP contribution in [0.2, 0.25) is 0 Å². The average molecular weight is 389 g/mol. The van der Waals surface area contributed by atoms with Crippen LogP contribution in [0.4, 0.5) is 11.5 Å². The van der Waals surface area contributed by atoms with E-state index in [9.17, 15) is 8.42 Å². The van der Waals surface area contributed by atoms with Crippen molar-refractivity contribution >= 4 is 21.3 Å². The molecule has 0 bridgehead atoms. The molecule has 0 atom stereocenters. The van der Waals surface area contributed by atoms with Gasteiger partial charge in [-0.05, 0) is 58.4 Å². The van der Waals surface area contributed by atoms with Gasteiger partial charge >= 0.3 is 0 Å². The van der Waals surface area contributed by atoms with Crippen molar-refractivity contribution in [2.45, 2.75) is 44.4 Å². The van der Waals surface area contributed by atoms with Gasteiger partial charge in [0.2, 0.25) is 9.84 Å². The van der Waals surface area contributed by atoms with Crippen LogP contribution in [0.1, 0.15) is 31.9 Å². The highest BCUT2D eigenvalue weighted by Crippen LogP contribution is 2.25. The first-order chi connectivity index (χ1) is 12.6. The third kappa shape index (κ3) is 3.93. The second-order valence-corrected chi connectivity index (χ2v) is 10.8. The lowest BCUT2D eigenvalue weighted by molar-refractivity contribution is 0.553. The number of nitrogens with zero attached hydrogens (tertiary/aromatic N) is 4. The molecular formula is C20H28N4O2S. The van der Waals surface area contributed by atoms with Gasteiger partial charge in [-0.2, -0.15) is 0 Å². The van der Waals surface area contributed by atoms with Gasteiger partial charge < -0.3 is 9.80 Å². The fraction of sp³-hybridized carbons (Fsp3) is 0.500. The van der Waals surface area contributed by atoms with E-state index >= 15 is 0 Å². The molecular weight excluding hydrogens is 360 g/mol. The molecule has 0 radical (unpaired) electrons. The van der Waals surface area contributed by atoms with Crippen LogP contribution in [-0.2, 0) is 9.84 Å². The van der Waals surface area contributed by atoms with E-state index in [2.05, 4.69) is 52.0 Å². The lowest BCUT2D eigenvalue weighted by atomic mass is 10.1. The highest BCUT2D eigenvalue weighted by atomic mass is 32.2. The minimum absolute atomic E-state index is 0.0349. The van der Waals surface area contributed by atoms with Gasteiger partial charge in [-0.1, -0.05) is 17.7 Å². The van der Waals surface area contributed by atoms with E-state index in [1.54, 1.807) is 32.9 Å². The van der Waals surface area contributed by atoms with Crippen molar-refractivity contribution < 1.29 is 8.42 Å². The molecule has 1 aromatic carbocycles. The third-order valence-electron chi connectivity index (χ3n) is 5.00. The van der Waals surface area contributed by atoms with Gasteiger partial charge in [-0.3, -0.25) is 0 Å². The standard InChI is InChI=1S/C20H28N4O2S/c1-15-6-7-17(16(2)14-15)23-10-12-24(13-11-23)18-8-9-19(22-21-18)27(25,26)20(3,4)5/h6-9,14H,10-13H2,1-5H3. The molecule has 1 saturated heterocycles. The molecule has 0 aliphatic carbocycles. The van der Waals surface area contributed by atoms with E-state index in [0.717, 1.165) is 32.0 Å². The predicted molar refractivity (Wildman–Crippen MR) is 109 cm³/mol. The van der Waals surface area contributed by atoms with Crippen LogP contribution in [-0.4, -0.2) is 49.5 Å². The normalized spacial score (nSPS) is 15.9. The second kappa shape index (κ2) is 7.11. The summed E-state index contributed by atoms with van der Waals surface area (Å²) in [5, 5.41) is 8.22. The summed E-state index contributed by atoms with van der Waals surface area (Å²) in [6.45, 7) is 12.7. The molecule has 2 aromatic rings. The fourth-order valence-electron chi connectivity index (χ4n) is 3.28. The zero-order valence-electron chi connectivity index (χ0n) is 16.7. The van der Waals surface area contributed by atoms with E-state index in [-0.39, 0.29) is 5.03 Å². The maximum atomic E-state index is 12.5. The number of hydrogen-bond acceptors (Lipinski definition) is 6. The smallest absolute Gasteiger partial charge is 0.202 e. The molecule has 0 amide bonds. The molecule has 1 aromatic heterocycles. The van der Waals surface area contributed by atoms with Gasteiger partial charge in [0, 0.05) is 31.9 Å². The minimum Gasteiger partial charge on any atom is -0.368 e. The first-order valence-electron chi connectivity index (χ1n) is 9.25. The van der Waals surface area contributed by atoms with E-state index in [1.807, 2.05) is 0 Å². The number of benzene rings is 1. The second-order valence-electron chi connectivity index (χ2n) is 8.11. The Morgan fingerprint density at radius 2 is 1.52 bits per heavy atom. The molecule has 1 aliphatic heterocycles. The van der Waals surface area contributed by atoms with Gasteiger partial charge in [0.05, 0.1) is 4.75 Å². The van der Waals surface area contributed by atoms with Crippen molar-refractivity contribution in [1.82, 2.24) is 10.2 Å². The van der Waals surface area contributed by atoms with Crippen LogP contribution < -0.4 is 9.80 Å². The number of aromatic nitrogens is 2. The first kappa shape index (κ1) is 19.6. The van der Waals surface area contributed by atoms with Crippen LogP contribution in [0.3, 0.4) is 0 Å². The number of hydrogen-bond donors (Lipinski definition) is 0. The Kier molecular flexibility index (Phi) is 5.16. The summed E-state index contributed by atoms with van der Waals surface area (Å²) in [7, 11) is -3.48. The number of piperazine rings is 1. The molecule has 2 heterocycles. The Labute approximate surface area is 162 Å². The Balaban J connectivity index is 1.70. The van der Waals surface area contributed by atoms with E-state index in [0.29, 0.717) is 0 Å². The zero-order chi connectivity index (χ0) is 19.8. The Morgan fingerprint density at radius 3 is 2.04 bits per heavy atom. The number of aryl methyl sites for hydroxylation is 2. The van der Waals surface area contributed by atoms with Crippen LogP contribution in [0.25, 0.3) is 0 Å². The summed E-state index contributed by atoms with van der Waals surface area (Å²) in [6, 6.07) is 9.88. The first-order valence-corrected chi connectivity index (χ1v) is 10.7. The molecule has 0 N–H and O–H groups in total. The summed E-state index contributed by atoms with van der Waals surface area (Å²) < 4.78 is 24.1. The maximum Gasteiger partial charge on any atom is 0.202 e. The SMILES string of the molecule is Cc1ccc(N2CCN(c3ccc(S(=O)(=O)C(C)(C)C)nn3)CC2)c(C)c1. The summed E-state index contributed by atoms with van der Waals surface area (Å²) >= 11 is 0. The molecule has 6 nitrogen and oxygen atoms in total. The van der Waals surface area contributed by atoms with Crippen LogP contribution in [0, 0.1) is 13.8 Å². The predicted octanol–water partition coefficient (Wildman–Crippen LogP) is 2.99. The maximum absolute atomic E-state index is 12.5. The quantitative estimate of drug-likeness (QED) is 0.805. The van der Waals surface area contributed by atoms with Gasteiger partial charge in [-0.15, -0.1) is 10.2 Å². The van der Waals surface area contributed by atoms with Crippen LogP contribution >= 0.6 is 0 Å². The largest absolute Gasteiger partial charge is 0.368 e. The molecule has 7 heteroatoms. The van der Waals surface area contributed by atoms with Crippen molar-refractivity contribution in [2.75, 3.05) is 36.0 Å². The topological polar surface area (TPSA) is 66.4 Å². The fourth-order valence-corrected chi connectivity index (χ4v) is 4.30. The summed E-state index contributed by atoms with van der Waals surface area (Å²) in [5.74, 6) is 0.725. The average Bonchev–Trinajstić information content (AvgIpc) is 2.61. The molecule has 3 rings (SSSR count). The molecule has 1 fully saturated rings. The van der Waals surface area contributed by atoms with Crippen molar-refractivity contribution in [3.05, 3.63) is 41.5 Å². The molecule has 1 aliphatic rings. The summed E-state index contributed by atoms with van der Waals surface area (Å²) in [5.41, 5.74) is 3.84. The monoisotopic (exact) mass is 388 g/mol. The van der Waals surface area contributed by atoms with Crippen molar-refractivity contribution in [3.63, 3.8) is 0 Å². The molecule has 0 spiro atoms. The molecule has 0 unspecified atom stereocenters. The highest BCUT2D eigenvalue weighted by Gasteiger charge is 2.32. The Hall–Kier alpha value is -2.15. The highest BCUT2D eigenvalue weighted by molar-refractivity contribution is 7.92. The lowest BCUT2D eigenvalue weighted by Gasteiger charge is -2.37. The van der Waals surface area contributed by atoms with Crippen molar-refractivity contribution in [1.29, 1.82) is 0 Å².